The Morgan fingerprint density at radius 2 is 2.44 bits per heavy atom. The molecule has 1 unspecified atom stereocenters. The Hall–Kier alpha value is -1.58. The SMILES string of the molecule is CCc1ccnc(CNC2=NCC(C)N2)c1. The van der Waals surface area contributed by atoms with Gasteiger partial charge in [-0.1, -0.05) is 6.92 Å². The number of aromatic nitrogens is 1. The number of guanidine groups is 1. The van der Waals surface area contributed by atoms with Crippen LogP contribution < -0.4 is 10.6 Å². The minimum Gasteiger partial charge on any atom is -0.352 e. The molecule has 1 aromatic heterocycles. The van der Waals surface area contributed by atoms with Crippen LogP contribution in [0.25, 0.3) is 0 Å². The Bertz CT molecular complexity index is 386. The summed E-state index contributed by atoms with van der Waals surface area (Å²) in [4.78, 5) is 8.66. The molecule has 1 aliphatic rings. The number of hydrogen-bond donors (Lipinski definition) is 2. The number of nitrogens with zero attached hydrogens (tertiary/aromatic N) is 2. The maximum absolute atomic E-state index is 4.34. The van der Waals surface area contributed by atoms with Crippen LogP contribution in [0.15, 0.2) is 23.3 Å². The lowest BCUT2D eigenvalue weighted by atomic mass is 10.2. The molecule has 0 saturated heterocycles. The van der Waals surface area contributed by atoms with Gasteiger partial charge in [0, 0.05) is 12.2 Å². The molecule has 1 aromatic rings. The minimum absolute atomic E-state index is 0.442. The highest BCUT2D eigenvalue weighted by Gasteiger charge is 2.11. The molecule has 1 aliphatic heterocycles. The molecular weight excluding hydrogens is 200 g/mol. The number of pyridine rings is 1. The third kappa shape index (κ3) is 2.72. The monoisotopic (exact) mass is 218 g/mol. The van der Waals surface area contributed by atoms with E-state index in [1.807, 2.05) is 6.20 Å². The van der Waals surface area contributed by atoms with Gasteiger partial charge in [0.25, 0.3) is 0 Å². The molecule has 0 fully saturated rings. The van der Waals surface area contributed by atoms with Crippen LogP contribution in [0, 0.1) is 0 Å². The summed E-state index contributed by atoms with van der Waals surface area (Å²) in [6, 6.07) is 4.63. The van der Waals surface area contributed by atoms with Crippen LogP contribution in [0.2, 0.25) is 0 Å². The second-order valence-corrected chi connectivity index (χ2v) is 4.10. The van der Waals surface area contributed by atoms with E-state index in [-0.39, 0.29) is 0 Å². The normalized spacial score (nSPS) is 19.1. The maximum Gasteiger partial charge on any atom is 0.191 e. The van der Waals surface area contributed by atoms with Gasteiger partial charge in [0.15, 0.2) is 5.96 Å². The summed E-state index contributed by atoms with van der Waals surface area (Å²) in [6.07, 6.45) is 2.91. The topological polar surface area (TPSA) is 49.3 Å². The molecule has 16 heavy (non-hydrogen) atoms. The molecule has 2 rings (SSSR count). The van der Waals surface area contributed by atoms with Crippen LogP contribution >= 0.6 is 0 Å². The molecular formula is C12H18N4. The first-order chi connectivity index (χ1) is 7.78. The molecule has 4 heteroatoms. The highest BCUT2D eigenvalue weighted by atomic mass is 15.2. The molecule has 0 amide bonds. The minimum atomic E-state index is 0.442. The lowest BCUT2D eigenvalue weighted by Crippen LogP contribution is -2.37. The van der Waals surface area contributed by atoms with Crippen molar-refractivity contribution in [3.05, 3.63) is 29.6 Å². The zero-order valence-electron chi connectivity index (χ0n) is 9.83. The molecule has 0 aromatic carbocycles. The lowest BCUT2D eigenvalue weighted by molar-refractivity contribution is 0.711. The molecule has 0 radical (unpaired) electrons. The second kappa shape index (κ2) is 4.96. The fourth-order valence-electron chi connectivity index (χ4n) is 1.68. The summed E-state index contributed by atoms with van der Waals surface area (Å²) in [7, 11) is 0. The Kier molecular flexibility index (Phi) is 3.39. The smallest absolute Gasteiger partial charge is 0.191 e. The van der Waals surface area contributed by atoms with Gasteiger partial charge in [0.2, 0.25) is 0 Å². The summed E-state index contributed by atoms with van der Waals surface area (Å²) in [6.45, 7) is 5.85. The number of hydrogen-bond acceptors (Lipinski definition) is 4. The summed E-state index contributed by atoms with van der Waals surface area (Å²) in [5.41, 5.74) is 2.38. The van der Waals surface area contributed by atoms with Crippen LogP contribution in [-0.4, -0.2) is 23.5 Å². The van der Waals surface area contributed by atoms with E-state index in [0.717, 1.165) is 31.2 Å². The van der Waals surface area contributed by atoms with E-state index in [2.05, 4.69) is 46.6 Å². The van der Waals surface area contributed by atoms with Gasteiger partial charge >= 0.3 is 0 Å². The van der Waals surface area contributed by atoms with Crippen molar-refractivity contribution in [3.63, 3.8) is 0 Å². The van der Waals surface area contributed by atoms with E-state index in [1.54, 1.807) is 0 Å². The first-order valence-electron chi connectivity index (χ1n) is 5.76. The summed E-state index contributed by atoms with van der Waals surface area (Å²) < 4.78 is 0. The first kappa shape index (κ1) is 10.9. The third-order valence-corrected chi connectivity index (χ3v) is 2.63. The first-order valence-corrected chi connectivity index (χ1v) is 5.76. The van der Waals surface area contributed by atoms with E-state index in [0.29, 0.717) is 6.04 Å². The van der Waals surface area contributed by atoms with Crippen molar-refractivity contribution < 1.29 is 0 Å². The van der Waals surface area contributed by atoms with Gasteiger partial charge in [-0.2, -0.15) is 0 Å². The largest absolute Gasteiger partial charge is 0.352 e. The molecule has 86 valence electrons. The van der Waals surface area contributed by atoms with Gasteiger partial charge < -0.3 is 10.6 Å². The molecule has 4 nitrogen and oxygen atoms in total. The highest BCUT2D eigenvalue weighted by molar-refractivity contribution is 5.81. The summed E-state index contributed by atoms with van der Waals surface area (Å²) in [5, 5.41) is 6.52. The van der Waals surface area contributed by atoms with Crippen LogP contribution in [-0.2, 0) is 13.0 Å². The van der Waals surface area contributed by atoms with Gasteiger partial charge in [0.1, 0.15) is 0 Å². The van der Waals surface area contributed by atoms with Gasteiger partial charge in [-0.05, 0) is 31.0 Å². The zero-order valence-corrected chi connectivity index (χ0v) is 9.83. The van der Waals surface area contributed by atoms with E-state index >= 15 is 0 Å². The van der Waals surface area contributed by atoms with Crippen molar-refractivity contribution in [3.8, 4) is 0 Å². The number of rotatable bonds is 3. The van der Waals surface area contributed by atoms with Gasteiger partial charge in [-0.15, -0.1) is 0 Å². The van der Waals surface area contributed by atoms with Crippen molar-refractivity contribution in [2.75, 3.05) is 6.54 Å². The van der Waals surface area contributed by atoms with Crippen molar-refractivity contribution in [1.29, 1.82) is 0 Å². The van der Waals surface area contributed by atoms with Gasteiger partial charge in [-0.25, -0.2) is 0 Å². The Morgan fingerprint density at radius 3 is 3.12 bits per heavy atom. The fourth-order valence-corrected chi connectivity index (χ4v) is 1.68. The summed E-state index contributed by atoms with van der Waals surface area (Å²) >= 11 is 0. The molecule has 0 saturated carbocycles. The molecule has 0 aliphatic carbocycles. The predicted molar refractivity (Wildman–Crippen MR) is 65.4 cm³/mol. The van der Waals surface area contributed by atoms with Crippen LogP contribution in [0.3, 0.4) is 0 Å². The van der Waals surface area contributed by atoms with Crippen LogP contribution in [0.1, 0.15) is 25.1 Å². The van der Waals surface area contributed by atoms with E-state index in [1.165, 1.54) is 5.56 Å². The highest BCUT2D eigenvalue weighted by Crippen LogP contribution is 2.02. The van der Waals surface area contributed by atoms with Crippen molar-refractivity contribution in [1.82, 2.24) is 15.6 Å². The Labute approximate surface area is 96.2 Å². The van der Waals surface area contributed by atoms with E-state index in [4.69, 9.17) is 0 Å². The van der Waals surface area contributed by atoms with E-state index in [9.17, 15) is 0 Å². The van der Waals surface area contributed by atoms with Crippen molar-refractivity contribution in [2.24, 2.45) is 4.99 Å². The Morgan fingerprint density at radius 1 is 1.56 bits per heavy atom. The van der Waals surface area contributed by atoms with Crippen molar-refractivity contribution >= 4 is 5.96 Å². The molecule has 2 heterocycles. The van der Waals surface area contributed by atoms with Gasteiger partial charge in [0.05, 0.1) is 18.8 Å². The molecule has 0 bridgehead atoms. The number of aliphatic imine (C=N–C) groups is 1. The lowest BCUT2D eigenvalue weighted by Gasteiger charge is -2.08. The predicted octanol–water partition coefficient (Wildman–Crippen LogP) is 1.08. The number of aryl methyl sites for hydroxylation is 1. The quantitative estimate of drug-likeness (QED) is 0.798. The van der Waals surface area contributed by atoms with Crippen LogP contribution in [0.5, 0.6) is 0 Å². The molecule has 1 atom stereocenters. The van der Waals surface area contributed by atoms with Crippen molar-refractivity contribution in [2.45, 2.75) is 32.9 Å². The van der Waals surface area contributed by atoms with Gasteiger partial charge in [-0.3, -0.25) is 9.98 Å². The van der Waals surface area contributed by atoms with E-state index < -0.39 is 0 Å². The average Bonchev–Trinajstić information content (AvgIpc) is 2.73. The summed E-state index contributed by atoms with van der Waals surface area (Å²) in [5.74, 6) is 0.885. The molecule has 0 spiro atoms. The number of nitrogens with one attached hydrogen (secondary N) is 2. The van der Waals surface area contributed by atoms with Crippen LogP contribution in [0.4, 0.5) is 0 Å². The zero-order chi connectivity index (χ0) is 11.4. The Balaban J connectivity index is 1.89. The fraction of sp³-hybridized carbons (Fsp3) is 0.500. The second-order valence-electron chi connectivity index (χ2n) is 4.10. The average molecular weight is 218 g/mol. The molecule has 2 N–H and O–H groups in total. The standard InChI is InChI=1S/C12H18N4/c1-3-10-4-5-13-11(6-10)8-15-12-14-7-9(2)16-12/h4-6,9H,3,7-8H2,1-2H3,(H2,14,15,16). The maximum atomic E-state index is 4.34. The third-order valence-electron chi connectivity index (χ3n) is 2.63.